The number of thiazole rings is 1. The van der Waals surface area contributed by atoms with Crippen LogP contribution in [-0.4, -0.2) is 36.3 Å². The van der Waals surface area contributed by atoms with Crippen molar-refractivity contribution in [1.29, 1.82) is 0 Å². The lowest BCUT2D eigenvalue weighted by molar-refractivity contribution is -0.118. The fourth-order valence-electron chi connectivity index (χ4n) is 3.42. The molecule has 0 aliphatic rings. The molecule has 2 heterocycles. The predicted molar refractivity (Wildman–Crippen MR) is 135 cm³/mol. The van der Waals surface area contributed by atoms with Gasteiger partial charge in [0.1, 0.15) is 0 Å². The van der Waals surface area contributed by atoms with Crippen LogP contribution in [0.3, 0.4) is 0 Å². The second-order valence-electron chi connectivity index (χ2n) is 7.38. The van der Waals surface area contributed by atoms with Gasteiger partial charge in [0, 0.05) is 23.7 Å². The number of sulfone groups is 1. The number of carbonyl (C=O) groups is 1. The standard InChI is InChI=1S/C24H23N3O3S3/c1-31-20-11-5-12-21-23(20)26-24(32-21)27(17-18-8-6-14-25-16-18)22(28)13-7-15-33(29,30)19-9-3-2-4-10-19/h2-6,8-12,14,16H,7,13,15,17H2,1H3. The summed E-state index contributed by atoms with van der Waals surface area (Å²) in [6.07, 6.45) is 5.76. The van der Waals surface area contributed by atoms with Gasteiger partial charge in [0.15, 0.2) is 15.0 Å². The second kappa shape index (κ2) is 10.5. The number of fused-ring (bicyclic) bond motifs is 1. The molecule has 2 aromatic carbocycles. The van der Waals surface area contributed by atoms with Crippen molar-refractivity contribution in [2.75, 3.05) is 16.9 Å². The third-order valence-corrected chi connectivity index (χ3v) is 8.72. The predicted octanol–water partition coefficient (Wildman–Crippen LogP) is 5.20. The normalized spacial score (nSPS) is 11.5. The van der Waals surface area contributed by atoms with Gasteiger partial charge in [-0.25, -0.2) is 13.4 Å². The van der Waals surface area contributed by atoms with Gasteiger partial charge in [-0.05, 0) is 48.6 Å². The molecule has 0 atom stereocenters. The Labute approximate surface area is 201 Å². The molecule has 0 radical (unpaired) electrons. The van der Waals surface area contributed by atoms with Crippen molar-refractivity contribution < 1.29 is 13.2 Å². The summed E-state index contributed by atoms with van der Waals surface area (Å²) in [5.41, 5.74) is 1.76. The number of hydrogen-bond donors (Lipinski definition) is 0. The van der Waals surface area contributed by atoms with Crippen LogP contribution in [0.15, 0.2) is 82.8 Å². The Morgan fingerprint density at radius 3 is 2.61 bits per heavy atom. The third-order valence-electron chi connectivity index (χ3n) is 5.09. The molecule has 9 heteroatoms. The highest BCUT2D eigenvalue weighted by molar-refractivity contribution is 7.98. The van der Waals surface area contributed by atoms with E-state index < -0.39 is 9.84 Å². The van der Waals surface area contributed by atoms with E-state index >= 15 is 0 Å². The Morgan fingerprint density at radius 1 is 1.06 bits per heavy atom. The van der Waals surface area contributed by atoms with Gasteiger partial charge >= 0.3 is 0 Å². The highest BCUT2D eigenvalue weighted by atomic mass is 32.2. The molecule has 0 bridgehead atoms. The number of pyridine rings is 1. The molecule has 0 unspecified atom stereocenters. The van der Waals surface area contributed by atoms with E-state index in [-0.39, 0.29) is 29.4 Å². The Hall–Kier alpha value is -2.75. The fraction of sp³-hybridized carbons (Fsp3) is 0.208. The number of benzene rings is 2. The van der Waals surface area contributed by atoms with Crippen LogP contribution in [0.5, 0.6) is 0 Å². The number of aromatic nitrogens is 2. The van der Waals surface area contributed by atoms with Crippen molar-refractivity contribution in [2.24, 2.45) is 0 Å². The van der Waals surface area contributed by atoms with Crippen LogP contribution in [0.4, 0.5) is 5.13 Å². The van der Waals surface area contributed by atoms with E-state index in [2.05, 4.69) is 4.98 Å². The number of carbonyl (C=O) groups excluding carboxylic acids is 1. The molecule has 0 N–H and O–H groups in total. The van der Waals surface area contributed by atoms with Crippen molar-refractivity contribution >= 4 is 54.2 Å². The zero-order chi connectivity index (χ0) is 23.3. The summed E-state index contributed by atoms with van der Waals surface area (Å²) in [7, 11) is -3.43. The number of anilines is 1. The minimum Gasteiger partial charge on any atom is -0.284 e. The van der Waals surface area contributed by atoms with E-state index in [1.165, 1.54) is 11.3 Å². The van der Waals surface area contributed by atoms with Gasteiger partial charge in [-0.3, -0.25) is 14.7 Å². The maximum Gasteiger partial charge on any atom is 0.229 e. The zero-order valence-electron chi connectivity index (χ0n) is 18.0. The lowest BCUT2D eigenvalue weighted by Gasteiger charge is -2.20. The molecule has 0 aliphatic carbocycles. The van der Waals surface area contributed by atoms with Gasteiger partial charge in [-0.1, -0.05) is 41.7 Å². The largest absolute Gasteiger partial charge is 0.284 e. The van der Waals surface area contributed by atoms with Crippen LogP contribution >= 0.6 is 23.1 Å². The zero-order valence-corrected chi connectivity index (χ0v) is 20.5. The summed E-state index contributed by atoms with van der Waals surface area (Å²) in [5, 5.41) is 0.603. The number of hydrogen-bond acceptors (Lipinski definition) is 7. The molecular weight excluding hydrogens is 474 g/mol. The highest BCUT2D eigenvalue weighted by Crippen LogP contribution is 2.35. The maximum atomic E-state index is 13.3. The Morgan fingerprint density at radius 2 is 1.88 bits per heavy atom. The summed E-state index contributed by atoms with van der Waals surface area (Å²) < 4.78 is 26.2. The number of thioether (sulfide) groups is 1. The van der Waals surface area contributed by atoms with E-state index in [0.29, 0.717) is 11.7 Å². The molecule has 0 saturated carbocycles. The summed E-state index contributed by atoms with van der Waals surface area (Å²) in [6.45, 7) is 0.326. The first-order chi connectivity index (χ1) is 16.0. The number of nitrogens with zero attached hydrogens (tertiary/aromatic N) is 3. The first kappa shape index (κ1) is 23.4. The Bertz CT molecular complexity index is 1340. The average Bonchev–Trinajstić information content (AvgIpc) is 3.27. The fourth-order valence-corrected chi connectivity index (χ4v) is 6.39. The average molecular weight is 498 g/mol. The SMILES string of the molecule is CSc1cccc2sc(N(Cc3cccnc3)C(=O)CCCS(=O)(=O)c3ccccc3)nc12. The molecular formula is C24H23N3O3S3. The van der Waals surface area contributed by atoms with Crippen LogP contribution in [0.2, 0.25) is 0 Å². The second-order valence-corrected chi connectivity index (χ2v) is 11.3. The smallest absolute Gasteiger partial charge is 0.229 e. The maximum absolute atomic E-state index is 13.3. The quantitative estimate of drug-likeness (QED) is 0.296. The van der Waals surface area contributed by atoms with E-state index in [4.69, 9.17) is 4.98 Å². The molecule has 0 saturated heterocycles. The van der Waals surface area contributed by atoms with E-state index in [0.717, 1.165) is 20.7 Å². The lowest BCUT2D eigenvalue weighted by atomic mass is 10.2. The molecule has 0 spiro atoms. The van der Waals surface area contributed by atoms with Gasteiger partial charge in [0.25, 0.3) is 0 Å². The molecule has 2 aromatic heterocycles. The van der Waals surface area contributed by atoms with Crippen LogP contribution in [0.1, 0.15) is 18.4 Å². The first-order valence-corrected chi connectivity index (χ1v) is 14.1. The first-order valence-electron chi connectivity index (χ1n) is 10.4. The summed E-state index contributed by atoms with van der Waals surface area (Å²) in [4.78, 5) is 25.2. The van der Waals surface area contributed by atoms with Crippen molar-refractivity contribution in [3.8, 4) is 0 Å². The minimum absolute atomic E-state index is 0.0834. The monoisotopic (exact) mass is 497 g/mol. The van der Waals surface area contributed by atoms with E-state index in [1.54, 1.807) is 59.4 Å². The Kier molecular flexibility index (Phi) is 7.42. The van der Waals surface area contributed by atoms with Crippen LogP contribution < -0.4 is 4.90 Å². The van der Waals surface area contributed by atoms with Crippen LogP contribution in [0, 0.1) is 0 Å². The van der Waals surface area contributed by atoms with Crippen LogP contribution in [-0.2, 0) is 21.2 Å². The van der Waals surface area contributed by atoms with Crippen LogP contribution in [0.25, 0.3) is 10.2 Å². The van der Waals surface area contributed by atoms with Gasteiger partial charge in [-0.15, -0.1) is 11.8 Å². The van der Waals surface area contributed by atoms with E-state index in [1.807, 2.05) is 36.6 Å². The third kappa shape index (κ3) is 5.61. The molecule has 4 rings (SSSR count). The molecule has 6 nitrogen and oxygen atoms in total. The lowest BCUT2D eigenvalue weighted by Crippen LogP contribution is -2.30. The van der Waals surface area contributed by atoms with Gasteiger partial charge in [-0.2, -0.15) is 0 Å². The van der Waals surface area contributed by atoms with Crippen molar-refractivity contribution in [3.63, 3.8) is 0 Å². The Balaban J connectivity index is 1.55. The van der Waals surface area contributed by atoms with Crippen molar-refractivity contribution in [1.82, 2.24) is 9.97 Å². The molecule has 170 valence electrons. The number of para-hydroxylation sites is 1. The van der Waals surface area contributed by atoms with Crippen molar-refractivity contribution in [2.45, 2.75) is 29.2 Å². The van der Waals surface area contributed by atoms with Gasteiger partial charge in [0.2, 0.25) is 5.91 Å². The minimum atomic E-state index is -3.43. The van der Waals surface area contributed by atoms with E-state index in [9.17, 15) is 13.2 Å². The highest BCUT2D eigenvalue weighted by Gasteiger charge is 2.22. The molecule has 0 fully saturated rings. The molecule has 0 aliphatic heterocycles. The molecule has 1 amide bonds. The molecule has 33 heavy (non-hydrogen) atoms. The van der Waals surface area contributed by atoms with Gasteiger partial charge < -0.3 is 0 Å². The summed E-state index contributed by atoms with van der Waals surface area (Å²) in [5.74, 6) is -0.244. The van der Waals surface area contributed by atoms with Crippen molar-refractivity contribution in [3.05, 3.63) is 78.6 Å². The summed E-state index contributed by atoms with van der Waals surface area (Å²) in [6, 6.07) is 18.1. The molecule has 4 aromatic rings. The topological polar surface area (TPSA) is 80.2 Å². The van der Waals surface area contributed by atoms with Gasteiger partial charge in [0.05, 0.1) is 27.4 Å². The summed E-state index contributed by atoms with van der Waals surface area (Å²) >= 11 is 3.07. The number of rotatable bonds is 9. The number of amides is 1.